The summed E-state index contributed by atoms with van der Waals surface area (Å²) in [6, 6.07) is 0. The minimum atomic E-state index is -4.56. The van der Waals surface area contributed by atoms with Crippen molar-refractivity contribution < 1.29 is 8.42 Å². The molecule has 0 aliphatic heterocycles. The first kappa shape index (κ1) is 21.6. The van der Waals surface area contributed by atoms with Crippen molar-refractivity contribution in [2.75, 3.05) is 11.5 Å². The van der Waals surface area contributed by atoms with Crippen LogP contribution in [0.5, 0.6) is 0 Å². The topological polar surface area (TPSA) is 86.2 Å². The van der Waals surface area contributed by atoms with E-state index in [1.807, 2.05) is 0 Å². The molecule has 0 heterocycles. The Kier molecular flexibility index (Phi) is 6.38. The summed E-state index contributed by atoms with van der Waals surface area (Å²) in [7, 11) is -4.56. The van der Waals surface area contributed by atoms with Crippen LogP contribution in [0.15, 0.2) is 9.79 Å². The van der Waals surface area contributed by atoms with Gasteiger partial charge in [-0.1, -0.05) is 92.8 Å². The number of nitrogen functional groups attached to an aromatic ring is 2. The third kappa shape index (κ3) is 3.33. The number of benzene rings is 2. The zero-order valence-electron chi connectivity index (χ0n) is 11.4. The number of anilines is 2. The van der Waals surface area contributed by atoms with Crippen LogP contribution in [0.2, 0.25) is 40.2 Å². The SMILES string of the molecule is Nc1c(Cl)c(Cl)c(S(=O)(=O)c2c(Cl)c(Cl)c(N)c(Cl)c2Cl)c(Cl)c1Cl. The summed E-state index contributed by atoms with van der Waals surface area (Å²) in [5.41, 5.74) is 10.9. The number of halogens is 8. The summed E-state index contributed by atoms with van der Waals surface area (Å²) in [5, 5.41) is -3.11. The molecule has 13 heteroatoms. The molecular weight excluding hydrogens is 520 g/mol. The molecule has 0 aliphatic rings. The molecule has 0 bridgehead atoms. The van der Waals surface area contributed by atoms with E-state index in [2.05, 4.69) is 0 Å². The summed E-state index contributed by atoms with van der Waals surface area (Å²) in [6.07, 6.45) is 0. The lowest BCUT2D eigenvalue weighted by Gasteiger charge is -2.17. The average Bonchev–Trinajstić information content (AvgIpc) is 2.54. The highest BCUT2D eigenvalue weighted by Crippen LogP contribution is 2.51. The van der Waals surface area contributed by atoms with Gasteiger partial charge in [0.15, 0.2) is 0 Å². The summed E-state index contributed by atoms with van der Waals surface area (Å²) in [4.78, 5) is -1.30. The summed E-state index contributed by atoms with van der Waals surface area (Å²) in [6.45, 7) is 0. The van der Waals surface area contributed by atoms with Gasteiger partial charge in [-0.15, -0.1) is 0 Å². The second kappa shape index (κ2) is 7.38. The Morgan fingerprint density at radius 1 is 0.480 bits per heavy atom. The van der Waals surface area contributed by atoms with Crippen molar-refractivity contribution in [2.24, 2.45) is 0 Å². The minimum Gasteiger partial charge on any atom is -0.396 e. The normalized spacial score (nSPS) is 11.8. The molecule has 0 radical (unpaired) electrons. The van der Waals surface area contributed by atoms with E-state index >= 15 is 0 Å². The van der Waals surface area contributed by atoms with Crippen LogP contribution in [0.25, 0.3) is 0 Å². The molecule has 25 heavy (non-hydrogen) atoms. The van der Waals surface area contributed by atoms with Crippen molar-refractivity contribution in [1.29, 1.82) is 0 Å². The van der Waals surface area contributed by atoms with Gasteiger partial charge in [0.1, 0.15) is 9.79 Å². The third-order valence-electron chi connectivity index (χ3n) is 3.05. The number of hydrogen-bond acceptors (Lipinski definition) is 4. The van der Waals surface area contributed by atoms with Crippen LogP contribution in [0.1, 0.15) is 0 Å². The quantitative estimate of drug-likeness (QED) is 0.331. The Balaban J connectivity index is 3.02. The van der Waals surface area contributed by atoms with E-state index in [0.717, 1.165) is 0 Å². The Morgan fingerprint density at radius 3 is 0.880 bits per heavy atom. The van der Waals surface area contributed by atoms with Gasteiger partial charge in [-0.2, -0.15) is 0 Å². The average molecular weight is 524 g/mol. The van der Waals surface area contributed by atoms with Gasteiger partial charge in [0.25, 0.3) is 0 Å². The second-order valence-corrected chi connectivity index (χ2v) is 9.35. The molecule has 0 aromatic heterocycles. The van der Waals surface area contributed by atoms with Crippen LogP contribution in [-0.4, -0.2) is 8.42 Å². The monoisotopic (exact) mass is 520 g/mol. The van der Waals surface area contributed by atoms with Crippen molar-refractivity contribution in [3.05, 3.63) is 40.2 Å². The molecule has 4 N–H and O–H groups in total. The highest BCUT2D eigenvalue weighted by atomic mass is 35.5. The molecule has 2 aromatic carbocycles. The van der Waals surface area contributed by atoms with Gasteiger partial charge in [-0.25, -0.2) is 8.42 Å². The molecule has 0 fully saturated rings. The summed E-state index contributed by atoms with van der Waals surface area (Å²) < 4.78 is 26.2. The second-order valence-electron chi connectivity index (χ2n) is 4.50. The van der Waals surface area contributed by atoms with Gasteiger partial charge in [-0.3, -0.25) is 0 Å². The van der Waals surface area contributed by atoms with Crippen LogP contribution >= 0.6 is 92.8 Å². The van der Waals surface area contributed by atoms with Gasteiger partial charge >= 0.3 is 0 Å². The predicted octanol–water partition coefficient (Wildman–Crippen LogP) is 6.91. The zero-order valence-corrected chi connectivity index (χ0v) is 18.3. The van der Waals surface area contributed by atoms with Crippen molar-refractivity contribution in [3.63, 3.8) is 0 Å². The van der Waals surface area contributed by atoms with Crippen molar-refractivity contribution >= 4 is 114 Å². The summed E-state index contributed by atoms with van der Waals surface area (Å²) >= 11 is 47.7. The molecule has 0 atom stereocenters. The molecule has 0 spiro atoms. The molecule has 0 saturated heterocycles. The van der Waals surface area contributed by atoms with Crippen molar-refractivity contribution in [1.82, 2.24) is 0 Å². The molecule has 136 valence electrons. The van der Waals surface area contributed by atoms with E-state index in [1.54, 1.807) is 0 Å². The predicted molar refractivity (Wildman–Crippen MR) is 107 cm³/mol. The van der Waals surface area contributed by atoms with Crippen LogP contribution < -0.4 is 11.5 Å². The Bertz CT molecular complexity index is 889. The largest absolute Gasteiger partial charge is 0.396 e. The molecule has 2 rings (SSSR count). The fourth-order valence-corrected chi connectivity index (χ4v) is 6.56. The Hall–Kier alpha value is 0.310. The third-order valence-corrected chi connectivity index (χ3v) is 8.86. The highest BCUT2D eigenvalue weighted by Gasteiger charge is 2.35. The van der Waals surface area contributed by atoms with Crippen LogP contribution in [0, 0.1) is 0 Å². The van der Waals surface area contributed by atoms with Crippen LogP contribution in [0.3, 0.4) is 0 Å². The van der Waals surface area contributed by atoms with E-state index in [-0.39, 0.29) is 31.5 Å². The minimum absolute atomic E-state index is 0.192. The van der Waals surface area contributed by atoms with E-state index in [9.17, 15) is 8.42 Å². The van der Waals surface area contributed by atoms with Gasteiger partial charge < -0.3 is 11.5 Å². The lowest BCUT2D eigenvalue weighted by molar-refractivity contribution is 0.596. The van der Waals surface area contributed by atoms with Gasteiger partial charge in [0, 0.05) is 0 Å². The van der Waals surface area contributed by atoms with E-state index in [1.165, 1.54) is 0 Å². The van der Waals surface area contributed by atoms with Gasteiger partial charge in [0.2, 0.25) is 9.84 Å². The molecule has 0 amide bonds. The fourth-order valence-electron chi connectivity index (χ4n) is 1.83. The molecular formula is C12H4Cl8N2O2S. The zero-order chi connectivity index (χ0) is 19.4. The standard InChI is InChI=1S/C12H4Cl8N2O2S/c13-1-5(17)11(6(18)2(14)9(1)21)25(23,24)12-7(19)3(15)10(22)4(16)8(12)20/h21-22H2. The number of sulfone groups is 1. The maximum Gasteiger partial charge on any atom is 0.212 e. The maximum atomic E-state index is 13.1. The Morgan fingerprint density at radius 2 is 0.680 bits per heavy atom. The van der Waals surface area contributed by atoms with E-state index < -0.39 is 39.7 Å². The van der Waals surface area contributed by atoms with Gasteiger partial charge in [-0.05, 0) is 0 Å². The molecule has 0 aliphatic carbocycles. The number of rotatable bonds is 2. The molecule has 0 saturated carbocycles. The first-order valence-electron chi connectivity index (χ1n) is 5.83. The molecule has 2 aromatic rings. The van der Waals surface area contributed by atoms with Gasteiger partial charge in [0.05, 0.1) is 51.6 Å². The first-order chi connectivity index (χ1) is 11.4. The molecule has 4 nitrogen and oxygen atoms in total. The molecule has 0 unspecified atom stereocenters. The van der Waals surface area contributed by atoms with E-state index in [0.29, 0.717) is 0 Å². The van der Waals surface area contributed by atoms with Crippen molar-refractivity contribution in [3.8, 4) is 0 Å². The van der Waals surface area contributed by atoms with Crippen molar-refractivity contribution in [2.45, 2.75) is 9.79 Å². The number of hydrogen-bond donors (Lipinski definition) is 2. The number of nitrogens with two attached hydrogens (primary N) is 2. The van der Waals surface area contributed by atoms with E-state index in [4.69, 9.17) is 104 Å². The maximum absolute atomic E-state index is 13.1. The lowest BCUT2D eigenvalue weighted by Crippen LogP contribution is -2.09. The fraction of sp³-hybridized carbons (Fsp3) is 0. The van der Waals surface area contributed by atoms with Crippen LogP contribution in [0.4, 0.5) is 11.4 Å². The smallest absolute Gasteiger partial charge is 0.212 e. The first-order valence-corrected chi connectivity index (χ1v) is 10.3. The highest BCUT2D eigenvalue weighted by molar-refractivity contribution is 7.92. The summed E-state index contributed by atoms with van der Waals surface area (Å²) in [5.74, 6) is 0. The lowest BCUT2D eigenvalue weighted by atomic mass is 10.3. The van der Waals surface area contributed by atoms with Crippen LogP contribution in [-0.2, 0) is 9.84 Å². The Labute approximate surface area is 182 Å².